The topological polar surface area (TPSA) is 38.7 Å². The van der Waals surface area contributed by atoms with Crippen molar-refractivity contribution in [1.29, 1.82) is 0 Å². The van der Waals surface area contributed by atoms with Gasteiger partial charge in [-0.15, -0.1) is 0 Å². The van der Waals surface area contributed by atoms with Crippen LogP contribution < -0.4 is 9.47 Å². The Balaban J connectivity index is 1.64. The molecule has 0 aromatic heterocycles. The summed E-state index contributed by atoms with van der Waals surface area (Å²) in [5, 5.41) is 9.37. The van der Waals surface area contributed by atoms with Crippen molar-refractivity contribution in [1.82, 2.24) is 0 Å². The Bertz CT molecular complexity index is 634. The van der Waals surface area contributed by atoms with Gasteiger partial charge in [-0.2, -0.15) is 0 Å². The average Bonchev–Trinajstić information content (AvgIpc) is 2.96. The highest BCUT2D eigenvalue weighted by Gasteiger charge is 2.12. The molecule has 0 radical (unpaired) electrons. The van der Waals surface area contributed by atoms with Gasteiger partial charge in [-0.1, -0.05) is 30.3 Å². The van der Waals surface area contributed by atoms with Gasteiger partial charge >= 0.3 is 0 Å². The van der Waals surface area contributed by atoms with Crippen LogP contribution in [-0.4, -0.2) is 18.3 Å². The van der Waals surface area contributed by atoms with E-state index in [4.69, 9.17) is 9.47 Å². The Morgan fingerprint density at radius 2 is 2.14 bits per heavy atom. The van der Waals surface area contributed by atoms with Crippen LogP contribution in [0.25, 0.3) is 0 Å². The van der Waals surface area contributed by atoms with Crippen LogP contribution in [0.5, 0.6) is 11.5 Å². The molecule has 0 amide bonds. The van der Waals surface area contributed by atoms with Gasteiger partial charge in [-0.3, -0.25) is 0 Å². The number of aliphatic hydroxyl groups is 1. The lowest BCUT2D eigenvalue weighted by Gasteiger charge is -2.13. The highest BCUT2D eigenvalue weighted by Crippen LogP contribution is 2.27. The summed E-state index contributed by atoms with van der Waals surface area (Å²) in [6, 6.07) is 12.2. The fraction of sp³-hybridized carbons (Fsp3) is 0.333. The molecule has 0 atom stereocenters. The van der Waals surface area contributed by atoms with Gasteiger partial charge in [0.25, 0.3) is 0 Å². The minimum absolute atomic E-state index is 0.00714. The van der Waals surface area contributed by atoms with Crippen molar-refractivity contribution in [2.24, 2.45) is 0 Å². The quantitative estimate of drug-likeness (QED) is 0.917. The second-order valence-corrected chi connectivity index (χ2v) is 5.36. The Labute approximate surface area is 125 Å². The predicted molar refractivity (Wildman–Crippen MR) is 81.9 cm³/mol. The number of rotatable bonds is 5. The summed E-state index contributed by atoms with van der Waals surface area (Å²) in [6.07, 6.45) is 1.85. The summed E-state index contributed by atoms with van der Waals surface area (Å²) in [4.78, 5) is 0. The average molecular weight is 284 g/mol. The third-order valence-corrected chi connectivity index (χ3v) is 3.85. The Morgan fingerprint density at radius 3 is 3.00 bits per heavy atom. The van der Waals surface area contributed by atoms with Crippen molar-refractivity contribution in [3.63, 3.8) is 0 Å². The molecule has 0 fully saturated rings. The van der Waals surface area contributed by atoms with Gasteiger partial charge in [-0.05, 0) is 29.7 Å². The number of aryl methyl sites for hydroxylation is 1. The molecule has 0 bridgehead atoms. The van der Waals surface area contributed by atoms with E-state index in [-0.39, 0.29) is 6.61 Å². The number of hydrogen-bond acceptors (Lipinski definition) is 3. The van der Waals surface area contributed by atoms with E-state index in [1.165, 1.54) is 11.1 Å². The smallest absolute Gasteiger partial charge is 0.127 e. The molecule has 1 N–H and O–H groups in total. The van der Waals surface area contributed by atoms with E-state index >= 15 is 0 Å². The number of benzene rings is 2. The predicted octanol–water partition coefficient (Wildman–Crippen LogP) is 3.04. The van der Waals surface area contributed by atoms with E-state index in [0.717, 1.165) is 42.1 Å². The van der Waals surface area contributed by atoms with Gasteiger partial charge in [0, 0.05) is 18.4 Å². The highest BCUT2D eigenvalue weighted by atomic mass is 16.5. The van der Waals surface area contributed by atoms with Crippen LogP contribution in [0.15, 0.2) is 36.4 Å². The van der Waals surface area contributed by atoms with Crippen LogP contribution in [0.2, 0.25) is 0 Å². The fourth-order valence-corrected chi connectivity index (χ4v) is 2.71. The van der Waals surface area contributed by atoms with E-state index in [1.807, 2.05) is 31.2 Å². The molecule has 21 heavy (non-hydrogen) atoms. The summed E-state index contributed by atoms with van der Waals surface area (Å²) < 4.78 is 11.4. The standard InChI is InChI=1S/C18H20O3/c1-13-3-2-4-16(12-19)18(13)21-9-7-14-5-6-17-15(11-14)8-10-20-17/h2-6,11,19H,7-10,12H2,1H3. The van der Waals surface area contributed by atoms with E-state index in [2.05, 4.69) is 12.1 Å². The molecule has 1 heterocycles. The molecule has 0 unspecified atom stereocenters. The van der Waals surface area contributed by atoms with Gasteiger partial charge in [0.1, 0.15) is 11.5 Å². The molecule has 0 saturated heterocycles. The molecule has 2 aromatic rings. The van der Waals surface area contributed by atoms with E-state index in [9.17, 15) is 5.11 Å². The maximum absolute atomic E-state index is 9.37. The van der Waals surface area contributed by atoms with Crippen LogP contribution >= 0.6 is 0 Å². The maximum Gasteiger partial charge on any atom is 0.127 e. The van der Waals surface area contributed by atoms with Crippen molar-refractivity contribution in [3.05, 3.63) is 58.7 Å². The van der Waals surface area contributed by atoms with E-state index in [0.29, 0.717) is 6.61 Å². The third-order valence-electron chi connectivity index (χ3n) is 3.85. The normalized spacial score (nSPS) is 12.9. The fourth-order valence-electron chi connectivity index (χ4n) is 2.71. The van der Waals surface area contributed by atoms with Gasteiger partial charge in [0.15, 0.2) is 0 Å². The largest absolute Gasteiger partial charge is 0.493 e. The van der Waals surface area contributed by atoms with Gasteiger partial charge in [0.2, 0.25) is 0 Å². The zero-order valence-corrected chi connectivity index (χ0v) is 12.3. The zero-order chi connectivity index (χ0) is 14.7. The van der Waals surface area contributed by atoms with E-state index < -0.39 is 0 Å². The molecule has 0 spiro atoms. The first kappa shape index (κ1) is 14.0. The third kappa shape index (κ3) is 3.03. The molecular weight excluding hydrogens is 264 g/mol. The maximum atomic E-state index is 9.37. The molecule has 1 aliphatic rings. The van der Waals surface area contributed by atoms with Crippen LogP contribution in [0.1, 0.15) is 22.3 Å². The first-order valence-corrected chi connectivity index (χ1v) is 7.34. The summed E-state index contributed by atoms with van der Waals surface area (Å²) in [7, 11) is 0. The van der Waals surface area contributed by atoms with E-state index in [1.54, 1.807) is 0 Å². The molecule has 1 aliphatic heterocycles. The van der Waals surface area contributed by atoms with Crippen molar-refractivity contribution in [2.75, 3.05) is 13.2 Å². The molecule has 3 heteroatoms. The number of ether oxygens (including phenoxy) is 2. The second-order valence-electron chi connectivity index (χ2n) is 5.36. The van der Waals surface area contributed by atoms with Crippen LogP contribution in [0.3, 0.4) is 0 Å². The van der Waals surface area contributed by atoms with Crippen molar-refractivity contribution in [2.45, 2.75) is 26.4 Å². The van der Waals surface area contributed by atoms with Crippen molar-refractivity contribution >= 4 is 0 Å². The Kier molecular flexibility index (Phi) is 4.11. The number of aliphatic hydroxyl groups excluding tert-OH is 1. The number of fused-ring (bicyclic) bond motifs is 1. The number of para-hydroxylation sites is 1. The highest BCUT2D eigenvalue weighted by molar-refractivity contribution is 5.41. The summed E-state index contributed by atoms with van der Waals surface area (Å²) in [6.45, 7) is 3.41. The lowest BCUT2D eigenvalue weighted by atomic mass is 10.1. The SMILES string of the molecule is Cc1cccc(CO)c1OCCc1ccc2c(c1)CCO2. The molecule has 110 valence electrons. The van der Waals surface area contributed by atoms with Gasteiger partial charge in [0.05, 0.1) is 19.8 Å². The van der Waals surface area contributed by atoms with Gasteiger partial charge in [-0.25, -0.2) is 0 Å². The molecule has 3 nitrogen and oxygen atoms in total. The number of hydrogen-bond donors (Lipinski definition) is 1. The molecule has 0 saturated carbocycles. The Morgan fingerprint density at radius 1 is 1.24 bits per heavy atom. The zero-order valence-electron chi connectivity index (χ0n) is 12.3. The first-order valence-electron chi connectivity index (χ1n) is 7.34. The van der Waals surface area contributed by atoms with Crippen molar-refractivity contribution < 1.29 is 14.6 Å². The van der Waals surface area contributed by atoms with Gasteiger partial charge < -0.3 is 14.6 Å². The molecule has 2 aromatic carbocycles. The summed E-state index contributed by atoms with van der Waals surface area (Å²) in [5.41, 5.74) is 4.46. The molecule has 3 rings (SSSR count). The summed E-state index contributed by atoms with van der Waals surface area (Å²) >= 11 is 0. The summed E-state index contributed by atoms with van der Waals surface area (Å²) in [5.74, 6) is 1.82. The van der Waals surface area contributed by atoms with Crippen LogP contribution in [0.4, 0.5) is 0 Å². The van der Waals surface area contributed by atoms with Crippen LogP contribution in [0, 0.1) is 6.92 Å². The Hall–Kier alpha value is -2.00. The minimum Gasteiger partial charge on any atom is -0.493 e. The lowest BCUT2D eigenvalue weighted by molar-refractivity contribution is 0.263. The lowest BCUT2D eigenvalue weighted by Crippen LogP contribution is -2.05. The monoisotopic (exact) mass is 284 g/mol. The minimum atomic E-state index is 0.00714. The van der Waals surface area contributed by atoms with Crippen molar-refractivity contribution in [3.8, 4) is 11.5 Å². The molecule has 0 aliphatic carbocycles. The second kappa shape index (κ2) is 6.19. The first-order chi connectivity index (χ1) is 10.3. The van der Waals surface area contributed by atoms with Crippen LogP contribution in [-0.2, 0) is 19.4 Å². The molecular formula is C18H20O3.